The van der Waals surface area contributed by atoms with Crippen molar-refractivity contribution >= 4 is 23.2 Å². The molecular weight excluding hydrogens is 270 g/mol. The van der Waals surface area contributed by atoms with E-state index >= 15 is 0 Å². The van der Waals surface area contributed by atoms with E-state index in [1.54, 1.807) is 31.2 Å². The molecule has 0 saturated carbocycles. The number of nitrogens with one attached hydrogen (secondary N) is 1. The second-order valence-corrected chi connectivity index (χ2v) is 4.87. The van der Waals surface area contributed by atoms with Crippen LogP contribution in [0.5, 0.6) is 0 Å². The van der Waals surface area contributed by atoms with Crippen molar-refractivity contribution in [3.05, 3.63) is 34.7 Å². The minimum absolute atomic E-state index is 0.175. The highest BCUT2D eigenvalue weighted by molar-refractivity contribution is 5.92. The SMILES string of the molecule is CCC(CC(C)C(=O)Nc1ccc(N=[N+]=[N-])cc1)C(N)=O. The number of hydrogen-bond acceptors (Lipinski definition) is 3. The van der Waals surface area contributed by atoms with Gasteiger partial charge in [-0.1, -0.05) is 31.1 Å². The number of carbonyl (C=O) groups is 2. The van der Waals surface area contributed by atoms with Crippen LogP contribution in [0.3, 0.4) is 0 Å². The van der Waals surface area contributed by atoms with Gasteiger partial charge >= 0.3 is 0 Å². The van der Waals surface area contributed by atoms with Crippen molar-refractivity contribution < 1.29 is 9.59 Å². The first kappa shape index (κ1) is 16.5. The molecule has 1 rings (SSSR count). The van der Waals surface area contributed by atoms with Gasteiger partial charge in [-0.15, -0.1) is 0 Å². The summed E-state index contributed by atoms with van der Waals surface area (Å²) in [5.41, 5.74) is 14.7. The molecule has 0 aromatic heterocycles. The number of anilines is 1. The summed E-state index contributed by atoms with van der Waals surface area (Å²) >= 11 is 0. The van der Waals surface area contributed by atoms with Gasteiger partial charge in [0.25, 0.3) is 0 Å². The third-order valence-corrected chi connectivity index (χ3v) is 3.28. The molecule has 0 heterocycles. The van der Waals surface area contributed by atoms with E-state index in [0.717, 1.165) is 0 Å². The Morgan fingerprint density at radius 3 is 2.48 bits per heavy atom. The highest BCUT2D eigenvalue weighted by Gasteiger charge is 2.21. The highest BCUT2D eigenvalue weighted by Crippen LogP contribution is 2.19. The van der Waals surface area contributed by atoms with Crippen LogP contribution < -0.4 is 11.1 Å². The topological polar surface area (TPSA) is 121 Å². The van der Waals surface area contributed by atoms with Crippen molar-refractivity contribution in [2.24, 2.45) is 22.7 Å². The number of amides is 2. The molecule has 2 amide bonds. The van der Waals surface area contributed by atoms with Gasteiger partial charge in [0.1, 0.15) is 0 Å². The van der Waals surface area contributed by atoms with Crippen LogP contribution in [0, 0.1) is 11.8 Å². The number of primary amides is 1. The number of rotatable bonds is 7. The minimum Gasteiger partial charge on any atom is -0.369 e. The Bertz CT molecular complexity index is 549. The fourth-order valence-electron chi connectivity index (χ4n) is 1.95. The maximum atomic E-state index is 12.1. The van der Waals surface area contributed by atoms with E-state index in [4.69, 9.17) is 11.3 Å². The zero-order valence-corrected chi connectivity index (χ0v) is 12.1. The van der Waals surface area contributed by atoms with E-state index in [9.17, 15) is 9.59 Å². The van der Waals surface area contributed by atoms with Crippen LogP contribution >= 0.6 is 0 Å². The summed E-state index contributed by atoms with van der Waals surface area (Å²) in [4.78, 5) is 25.9. The normalized spacial score (nSPS) is 12.9. The summed E-state index contributed by atoms with van der Waals surface area (Å²) in [5.74, 6) is -1.17. The molecule has 0 aliphatic carbocycles. The molecule has 0 aliphatic rings. The predicted octanol–water partition coefficient (Wildman–Crippen LogP) is 3.10. The summed E-state index contributed by atoms with van der Waals surface area (Å²) in [7, 11) is 0. The Morgan fingerprint density at radius 1 is 1.38 bits per heavy atom. The molecule has 2 atom stereocenters. The van der Waals surface area contributed by atoms with Gasteiger partial charge in [0.2, 0.25) is 11.8 Å². The number of benzene rings is 1. The summed E-state index contributed by atoms with van der Waals surface area (Å²) in [6, 6.07) is 6.52. The lowest BCUT2D eigenvalue weighted by Crippen LogP contribution is -2.29. The smallest absolute Gasteiger partial charge is 0.227 e. The van der Waals surface area contributed by atoms with Crippen molar-refractivity contribution in [2.75, 3.05) is 5.32 Å². The van der Waals surface area contributed by atoms with Gasteiger partial charge in [-0.2, -0.15) is 0 Å². The molecule has 0 radical (unpaired) electrons. The maximum Gasteiger partial charge on any atom is 0.227 e. The quantitative estimate of drug-likeness (QED) is 0.455. The molecule has 0 saturated heterocycles. The third kappa shape index (κ3) is 5.16. The van der Waals surface area contributed by atoms with Crippen LogP contribution in [0.25, 0.3) is 10.4 Å². The third-order valence-electron chi connectivity index (χ3n) is 3.28. The van der Waals surface area contributed by atoms with Crippen molar-refractivity contribution in [3.8, 4) is 0 Å². The first-order chi connectivity index (χ1) is 9.97. The second kappa shape index (κ2) is 7.91. The molecule has 7 nitrogen and oxygen atoms in total. The van der Waals surface area contributed by atoms with Crippen LogP contribution in [-0.2, 0) is 9.59 Å². The molecule has 7 heteroatoms. The molecule has 0 fully saturated rings. The Labute approximate surface area is 123 Å². The molecule has 112 valence electrons. The fraction of sp³-hybridized carbons (Fsp3) is 0.429. The molecule has 1 aromatic rings. The summed E-state index contributed by atoms with van der Waals surface area (Å²) in [6.45, 7) is 3.63. The highest BCUT2D eigenvalue weighted by atomic mass is 16.2. The molecule has 0 spiro atoms. The number of nitrogens with two attached hydrogens (primary N) is 1. The van der Waals surface area contributed by atoms with Crippen molar-refractivity contribution in [1.29, 1.82) is 0 Å². The van der Waals surface area contributed by atoms with Crippen molar-refractivity contribution in [2.45, 2.75) is 26.7 Å². The zero-order valence-electron chi connectivity index (χ0n) is 12.1. The number of azide groups is 1. The first-order valence-corrected chi connectivity index (χ1v) is 6.73. The minimum atomic E-state index is -0.379. The van der Waals surface area contributed by atoms with Crippen molar-refractivity contribution in [3.63, 3.8) is 0 Å². The molecule has 0 bridgehead atoms. The van der Waals surface area contributed by atoms with Gasteiger partial charge in [0, 0.05) is 28.1 Å². The molecule has 0 aliphatic heterocycles. The van der Waals surface area contributed by atoms with E-state index in [0.29, 0.717) is 24.2 Å². The van der Waals surface area contributed by atoms with Crippen molar-refractivity contribution in [1.82, 2.24) is 0 Å². The van der Waals surface area contributed by atoms with Gasteiger partial charge < -0.3 is 11.1 Å². The van der Waals surface area contributed by atoms with Crippen LogP contribution in [-0.4, -0.2) is 11.8 Å². The zero-order chi connectivity index (χ0) is 15.8. The maximum absolute atomic E-state index is 12.1. The second-order valence-electron chi connectivity index (χ2n) is 4.87. The Morgan fingerprint density at radius 2 is 2.00 bits per heavy atom. The summed E-state index contributed by atoms with van der Waals surface area (Å²) < 4.78 is 0. The lowest BCUT2D eigenvalue weighted by atomic mass is 9.92. The lowest BCUT2D eigenvalue weighted by Gasteiger charge is -2.16. The first-order valence-electron chi connectivity index (χ1n) is 6.73. The van der Waals surface area contributed by atoms with Crippen LogP contribution in [0.1, 0.15) is 26.7 Å². The molecular formula is C14H19N5O2. The monoisotopic (exact) mass is 289 g/mol. The van der Waals surface area contributed by atoms with Gasteiger partial charge in [-0.05, 0) is 30.5 Å². The van der Waals surface area contributed by atoms with Gasteiger partial charge in [-0.25, -0.2) is 0 Å². The van der Waals surface area contributed by atoms with E-state index in [1.807, 2.05) is 6.92 Å². The summed E-state index contributed by atoms with van der Waals surface area (Å²) in [5, 5.41) is 6.20. The van der Waals surface area contributed by atoms with Gasteiger partial charge in [0.15, 0.2) is 0 Å². The molecule has 2 unspecified atom stereocenters. The Kier molecular flexibility index (Phi) is 6.23. The lowest BCUT2D eigenvalue weighted by molar-refractivity contribution is -0.124. The standard InChI is InChI=1S/C14H19N5O2/c1-3-10(13(15)20)8-9(2)14(21)17-11-4-6-12(7-5-11)18-19-16/h4-7,9-10H,3,8H2,1-2H3,(H2,15,20)(H,17,21). The predicted molar refractivity (Wildman–Crippen MR) is 80.6 cm³/mol. The van der Waals surface area contributed by atoms with Crippen LogP contribution in [0.2, 0.25) is 0 Å². The van der Waals surface area contributed by atoms with Crippen LogP contribution in [0.4, 0.5) is 11.4 Å². The number of carbonyl (C=O) groups excluding carboxylic acids is 2. The number of nitrogens with zero attached hydrogens (tertiary/aromatic N) is 3. The molecule has 3 N–H and O–H groups in total. The Balaban J connectivity index is 2.63. The average molecular weight is 289 g/mol. The fourth-order valence-corrected chi connectivity index (χ4v) is 1.95. The largest absolute Gasteiger partial charge is 0.369 e. The molecule has 1 aromatic carbocycles. The van der Waals surface area contributed by atoms with E-state index in [2.05, 4.69) is 15.3 Å². The van der Waals surface area contributed by atoms with Gasteiger partial charge in [0.05, 0.1) is 0 Å². The van der Waals surface area contributed by atoms with Gasteiger partial charge in [-0.3, -0.25) is 9.59 Å². The molecule has 21 heavy (non-hydrogen) atoms. The average Bonchev–Trinajstić information content (AvgIpc) is 2.46. The van der Waals surface area contributed by atoms with E-state index in [1.165, 1.54) is 0 Å². The summed E-state index contributed by atoms with van der Waals surface area (Å²) in [6.07, 6.45) is 1.04. The number of hydrogen-bond donors (Lipinski definition) is 2. The van der Waals surface area contributed by atoms with Crippen LogP contribution in [0.15, 0.2) is 29.4 Å². The van der Waals surface area contributed by atoms with E-state index in [-0.39, 0.29) is 23.7 Å². The Hall–Kier alpha value is -2.53. The van der Waals surface area contributed by atoms with E-state index < -0.39 is 0 Å².